The quantitative estimate of drug-likeness (QED) is 0.823. The average Bonchev–Trinajstić information content (AvgIpc) is 3.35. The smallest absolute Gasteiger partial charge is 0.244 e. The summed E-state index contributed by atoms with van der Waals surface area (Å²) in [6.07, 6.45) is 4.31. The molecule has 0 radical (unpaired) electrons. The Bertz CT molecular complexity index is 871. The van der Waals surface area contributed by atoms with Crippen molar-refractivity contribution >= 4 is 5.91 Å². The van der Waals surface area contributed by atoms with Crippen molar-refractivity contribution in [1.82, 2.24) is 14.7 Å². The molecule has 2 heterocycles. The van der Waals surface area contributed by atoms with E-state index < -0.39 is 0 Å². The summed E-state index contributed by atoms with van der Waals surface area (Å²) in [5.41, 5.74) is 6.05. The molecule has 5 nitrogen and oxygen atoms in total. The van der Waals surface area contributed by atoms with Crippen LogP contribution in [0, 0.1) is 13.8 Å². The molecule has 0 spiro atoms. The van der Waals surface area contributed by atoms with E-state index in [1.165, 1.54) is 23.2 Å². The molecule has 2 atom stereocenters. The van der Waals surface area contributed by atoms with Crippen LogP contribution in [0.2, 0.25) is 0 Å². The summed E-state index contributed by atoms with van der Waals surface area (Å²) in [4.78, 5) is 15.2. The summed E-state index contributed by atoms with van der Waals surface area (Å²) >= 11 is 0. The third kappa shape index (κ3) is 3.03. The number of rotatable bonds is 4. The van der Waals surface area contributed by atoms with Crippen molar-refractivity contribution in [2.45, 2.75) is 65.0 Å². The zero-order valence-electron chi connectivity index (χ0n) is 16.8. The van der Waals surface area contributed by atoms with Crippen molar-refractivity contribution in [3.63, 3.8) is 0 Å². The first-order valence-electron chi connectivity index (χ1n) is 10.0. The Morgan fingerprint density at radius 1 is 1.30 bits per heavy atom. The fraction of sp³-hybridized carbons (Fsp3) is 0.545. The van der Waals surface area contributed by atoms with E-state index in [2.05, 4.69) is 26.8 Å². The number of hydrogen-bond acceptors (Lipinski definition) is 3. The van der Waals surface area contributed by atoms with Crippen LogP contribution in [-0.2, 0) is 17.8 Å². The summed E-state index contributed by atoms with van der Waals surface area (Å²) in [6, 6.07) is 6.26. The Morgan fingerprint density at radius 3 is 2.85 bits per heavy atom. The highest BCUT2D eigenvalue weighted by Crippen LogP contribution is 2.37. The van der Waals surface area contributed by atoms with Crippen LogP contribution >= 0.6 is 0 Å². The number of methoxy groups -OCH3 is 1. The number of amides is 1. The van der Waals surface area contributed by atoms with Gasteiger partial charge in [-0.2, -0.15) is 5.10 Å². The Balaban J connectivity index is 1.56. The van der Waals surface area contributed by atoms with Crippen LogP contribution in [0.15, 0.2) is 18.2 Å². The molecule has 5 heteroatoms. The first kappa shape index (κ1) is 18.1. The number of likely N-dealkylation sites (tertiary alicyclic amines) is 1. The molecule has 1 amide bonds. The lowest BCUT2D eigenvalue weighted by atomic mass is 9.98. The molecule has 144 valence electrons. The monoisotopic (exact) mass is 367 g/mol. The SMILES string of the molecule is COc1cccc([C@@H]2CCCN2C(=O)Cn2nc3c(c2C)CCC3C)c1C. The third-order valence-corrected chi connectivity index (χ3v) is 6.42. The molecule has 27 heavy (non-hydrogen) atoms. The van der Waals surface area contributed by atoms with Gasteiger partial charge in [0.05, 0.1) is 18.8 Å². The van der Waals surface area contributed by atoms with E-state index in [4.69, 9.17) is 9.84 Å². The number of carbonyl (C=O) groups is 1. The maximum absolute atomic E-state index is 13.2. The number of carbonyl (C=O) groups excluding carboxylic acids is 1. The minimum Gasteiger partial charge on any atom is -0.496 e. The van der Waals surface area contributed by atoms with Crippen LogP contribution in [-0.4, -0.2) is 34.2 Å². The molecule has 1 aromatic carbocycles. The van der Waals surface area contributed by atoms with E-state index in [0.717, 1.165) is 42.8 Å². The number of aromatic nitrogens is 2. The van der Waals surface area contributed by atoms with Gasteiger partial charge in [0.25, 0.3) is 0 Å². The van der Waals surface area contributed by atoms with Crippen LogP contribution < -0.4 is 4.74 Å². The molecule has 1 fully saturated rings. The van der Waals surface area contributed by atoms with E-state index >= 15 is 0 Å². The predicted molar refractivity (Wildman–Crippen MR) is 105 cm³/mol. The summed E-state index contributed by atoms with van der Waals surface area (Å²) in [7, 11) is 1.70. The summed E-state index contributed by atoms with van der Waals surface area (Å²) < 4.78 is 7.41. The first-order chi connectivity index (χ1) is 13.0. The van der Waals surface area contributed by atoms with Crippen molar-refractivity contribution in [2.75, 3.05) is 13.7 Å². The predicted octanol–water partition coefficient (Wildman–Crippen LogP) is 3.92. The normalized spacial score (nSPS) is 21.6. The number of ether oxygens (including phenoxy) is 1. The van der Waals surface area contributed by atoms with Crippen LogP contribution in [0.3, 0.4) is 0 Å². The highest BCUT2D eigenvalue weighted by atomic mass is 16.5. The van der Waals surface area contributed by atoms with Gasteiger partial charge in [0.2, 0.25) is 5.91 Å². The largest absolute Gasteiger partial charge is 0.496 e. The van der Waals surface area contributed by atoms with E-state index in [0.29, 0.717) is 12.5 Å². The lowest BCUT2D eigenvalue weighted by Crippen LogP contribution is -2.34. The van der Waals surface area contributed by atoms with Crippen LogP contribution in [0.25, 0.3) is 0 Å². The molecule has 4 rings (SSSR count). The van der Waals surface area contributed by atoms with Crippen molar-refractivity contribution in [2.24, 2.45) is 0 Å². The Hall–Kier alpha value is -2.30. The van der Waals surface area contributed by atoms with Gasteiger partial charge in [0.1, 0.15) is 12.3 Å². The van der Waals surface area contributed by atoms with Gasteiger partial charge < -0.3 is 9.64 Å². The van der Waals surface area contributed by atoms with Gasteiger partial charge in [-0.3, -0.25) is 9.48 Å². The zero-order chi connectivity index (χ0) is 19.1. The van der Waals surface area contributed by atoms with Crippen molar-refractivity contribution in [3.05, 3.63) is 46.3 Å². The Kier molecular flexibility index (Phi) is 4.70. The van der Waals surface area contributed by atoms with Crippen LogP contribution in [0.5, 0.6) is 5.75 Å². The number of benzene rings is 1. The van der Waals surface area contributed by atoms with Gasteiger partial charge >= 0.3 is 0 Å². The number of nitrogens with zero attached hydrogens (tertiary/aromatic N) is 3. The van der Waals surface area contributed by atoms with Gasteiger partial charge in [-0.05, 0) is 62.3 Å². The summed E-state index contributed by atoms with van der Waals surface area (Å²) in [6.45, 7) is 7.57. The molecular formula is C22H29N3O2. The second-order valence-corrected chi connectivity index (χ2v) is 7.97. The Labute approximate surface area is 161 Å². The van der Waals surface area contributed by atoms with Crippen LogP contribution in [0.1, 0.15) is 66.2 Å². The average molecular weight is 367 g/mol. The third-order valence-electron chi connectivity index (χ3n) is 6.42. The molecular weight excluding hydrogens is 338 g/mol. The fourth-order valence-electron chi connectivity index (χ4n) is 4.78. The van der Waals surface area contributed by atoms with E-state index in [1.807, 2.05) is 21.7 Å². The second kappa shape index (κ2) is 7.02. The highest BCUT2D eigenvalue weighted by molar-refractivity contribution is 5.77. The van der Waals surface area contributed by atoms with Gasteiger partial charge in [-0.1, -0.05) is 19.1 Å². The Morgan fingerprint density at radius 2 is 2.11 bits per heavy atom. The molecule has 1 aromatic heterocycles. The lowest BCUT2D eigenvalue weighted by molar-refractivity contribution is -0.133. The van der Waals surface area contributed by atoms with Gasteiger partial charge in [-0.15, -0.1) is 0 Å². The van der Waals surface area contributed by atoms with Crippen LogP contribution in [0.4, 0.5) is 0 Å². The molecule has 2 aromatic rings. The zero-order valence-corrected chi connectivity index (χ0v) is 16.8. The summed E-state index contributed by atoms with van der Waals surface area (Å²) in [5.74, 6) is 1.56. The maximum atomic E-state index is 13.2. The second-order valence-electron chi connectivity index (χ2n) is 7.97. The minimum atomic E-state index is 0.134. The minimum absolute atomic E-state index is 0.134. The highest BCUT2D eigenvalue weighted by Gasteiger charge is 2.33. The molecule has 0 N–H and O–H groups in total. The molecule has 0 saturated carbocycles. The van der Waals surface area contributed by atoms with Gasteiger partial charge in [-0.25, -0.2) is 0 Å². The van der Waals surface area contributed by atoms with E-state index in [9.17, 15) is 4.79 Å². The van der Waals surface area contributed by atoms with Crippen molar-refractivity contribution in [3.8, 4) is 5.75 Å². The van der Waals surface area contributed by atoms with Gasteiger partial charge in [0.15, 0.2) is 0 Å². The van der Waals surface area contributed by atoms with Crippen molar-refractivity contribution < 1.29 is 9.53 Å². The number of hydrogen-bond donors (Lipinski definition) is 0. The molecule has 0 bridgehead atoms. The molecule has 1 aliphatic heterocycles. The van der Waals surface area contributed by atoms with Crippen molar-refractivity contribution in [1.29, 1.82) is 0 Å². The topological polar surface area (TPSA) is 47.4 Å². The molecule has 2 aliphatic rings. The fourth-order valence-corrected chi connectivity index (χ4v) is 4.78. The molecule has 1 aliphatic carbocycles. The maximum Gasteiger partial charge on any atom is 0.244 e. The number of fused-ring (bicyclic) bond motifs is 1. The standard InChI is InChI=1S/C22H29N3O2/c1-14-10-11-18-16(3)25(23-22(14)18)13-21(26)24-12-6-8-19(24)17-7-5-9-20(27-4)15(17)2/h5,7,9,14,19H,6,8,10-13H2,1-4H3/t14?,19-/m0/s1. The molecule has 1 unspecified atom stereocenters. The summed E-state index contributed by atoms with van der Waals surface area (Å²) in [5, 5.41) is 4.77. The first-order valence-corrected chi connectivity index (χ1v) is 10.0. The van der Waals surface area contributed by atoms with Gasteiger partial charge in [0, 0.05) is 18.2 Å². The lowest BCUT2D eigenvalue weighted by Gasteiger charge is -2.27. The molecule has 1 saturated heterocycles. The van der Waals surface area contributed by atoms with E-state index in [1.54, 1.807) is 7.11 Å². The van der Waals surface area contributed by atoms with E-state index in [-0.39, 0.29) is 11.9 Å².